The predicted molar refractivity (Wildman–Crippen MR) is 294 cm³/mol. The number of ether oxygens (including phenoxy) is 4. The Morgan fingerprint density at radius 3 is 0.758 bits per heavy atom. The van der Waals surface area contributed by atoms with Crippen LogP contribution >= 0.6 is 0 Å². The van der Waals surface area contributed by atoms with Crippen molar-refractivity contribution in [2.75, 3.05) is 26.4 Å². The van der Waals surface area contributed by atoms with E-state index in [0.717, 1.165) is 45.1 Å². The van der Waals surface area contributed by atoms with Gasteiger partial charge in [-0.15, -0.1) is 0 Å². The number of unbranched alkanes of at least 4 members (excludes halogenated alkanes) is 29. The van der Waals surface area contributed by atoms with E-state index in [-0.39, 0.29) is 6.10 Å². The van der Waals surface area contributed by atoms with E-state index >= 15 is 0 Å². The van der Waals surface area contributed by atoms with Crippen LogP contribution in [-0.4, -0.2) is 38.5 Å². The lowest BCUT2D eigenvalue weighted by atomic mass is 9.89. The van der Waals surface area contributed by atoms with E-state index in [2.05, 4.69) is 90.0 Å². The van der Waals surface area contributed by atoms with Crippen LogP contribution in [0.4, 0.5) is 0 Å². The molecule has 0 saturated carbocycles. The van der Waals surface area contributed by atoms with Crippen LogP contribution in [-0.2, 0) is 18.9 Å². The van der Waals surface area contributed by atoms with Gasteiger partial charge in [-0.2, -0.15) is 0 Å². The van der Waals surface area contributed by atoms with Crippen molar-refractivity contribution in [2.24, 2.45) is 21.7 Å². The maximum Gasteiger partial charge on any atom is 0.310 e. The minimum Gasteiger partial charge on any atom is -0.370 e. The van der Waals surface area contributed by atoms with E-state index in [1.807, 2.05) is 0 Å². The lowest BCUT2D eigenvalue weighted by Gasteiger charge is -2.39. The Morgan fingerprint density at radius 1 is 0.258 bits per heavy atom. The van der Waals surface area contributed by atoms with Crippen LogP contribution in [0.15, 0.2) is 0 Å². The maximum absolute atomic E-state index is 7.06. The Labute approximate surface area is 417 Å². The molecule has 0 rings (SSSR count). The molecule has 0 saturated heterocycles. The summed E-state index contributed by atoms with van der Waals surface area (Å²) in [6.07, 6.45) is 49.6. The van der Waals surface area contributed by atoms with Gasteiger partial charge in [-0.05, 0) is 79.4 Å². The van der Waals surface area contributed by atoms with Crippen molar-refractivity contribution in [1.82, 2.24) is 0 Å². The first-order valence-electron chi connectivity index (χ1n) is 29.8. The van der Waals surface area contributed by atoms with E-state index in [4.69, 9.17) is 18.9 Å². The van der Waals surface area contributed by atoms with Gasteiger partial charge in [-0.1, -0.05) is 283 Å². The molecule has 66 heavy (non-hydrogen) atoms. The third-order valence-corrected chi connectivity index (χ3v) is 13.7. The van der Waals surface area contributed by atoms with E-state index in [0.29, 0.717) is 41.5 Å². The molecule has 0 aliphatic heterocycles. The lowest BCUT2D eigenvalue weighted by molar-refractivity contribution is -0.419. The van der Waals surface area contributed by atoms with Gasteiger partial charge in [0.1, 0.15) is 6.10 Å². The summed E-state index contributed by atoms with van der Waals surface area (Å²) in [6, 6.07) is 0. The summed E-state index contributed by atoms with van der Waals surface area (Å²) >= 11 is 0. The normalized spacial score (nSPS) is 13.6. The second-order valence-corrected chi connectivity index (χ2v) is 26.2. The molecule has 398 valence electrons. The van der Waals surface area contributed by atoms with Gasteiger partial charge >= 0.3 is 5.97 Å². The van der Waals surface area contributed by atoms with Crippen molar-refractivity contribution >= 4 is 0 Å². The third-order valence-electron chi connectivity index (χ3n) is 13.7. The first-order valence-corrected chi connectivity index (χ1v) is 29.8. The smallest absolute Gasteiger partial charge is 0.310 e. The van der Waals surface area contributed by atoms with Crippen molar-refractivity contribution in [3.63, 3.8) is 0 Å². The van der Waals surface area contributed by atoms with Crippen molar-refractivity contribution < 1.29 is 18.9 Å². The van der Waals surface area contributed by atoms with Crippen LogP contribution in [0.25, 0.3) is 0 Å². The monoisotopic (exact) mass is 935 g/mol. The van der Waals surface area contributed by atoms with Crippen molar-refractivity contribution in [3.8, 4) is 0 Å². The van der Waals surface area contributed by atoms with E-state index < -0.39 is 5.97 Å². The van der Waals surface area contributed by atoms with Gasteiger partial charge in [-0.3, -0.25) is 0 Å². The van der Waals surface area contributed by atoms with Crippen LogP contribution < -0.4 is 0 Å². The minimum atomic E-state index is -1.12. The first-order chi connectivity index (χ1) is 31.3. The lowest BCUT2D eigenvalue weighted by Crippen LogP contribution is -2.52. The average Bonchev–Trinajstić information content (AvgIpc) is 3.22. The number of hydrogen-bond acceptors (Lipinski definition) is 4. The molecule has 0 aromatic carbocycles. The van der Waals surface area contributed by atoms with Crippen molar-refractivity contribution in [2.45, 2.75) is 352 Å². The molecule has 0 heterocycles. The van der Waals surface area contributed by atoms with Crippen LogP contribution in [0, 0.1) is 21.7 Å². The van der Waals surface area contributed by atoms with Crippen LogP contribution in [0.5, 0.6) is 0 Å². The molecular weight excluding hydrogens is 809 g/mol. The maximum atomic E-state index is 7.06. The highest BCUT2D eigenvalue weighted by Crippen LogP contribution is 2.31. The Bertz CT molecular complexity index is 910. The van der Waals surface area contributed by atoms with Gasteiger partial charge in [-0.25, -0.2) is 0 Å². The molecule has 0 N–H and O–H groups in total. The molecule has 1 atom stereocenters. The molecule has 0 radical (unpaired) electrons. The summed E-state index contributed by atoms with van der Waals surface area (Å²) in [5.74, 6) is -1.12. The third kappa shape index (κ3) is 47.5. The zero-order valence-electron chi connectivity index (χ0n) is 48.1. The van der Waals surface area contributed by atoms with Gasteiger partial charge in [0.05, 0.1) is 19.8 Å². The molecule has 0 fully saturated rings. The summed E-state index contributed by atoms with van der Waals surface area (Å²) < 4.78 is 28.2. The standard InChI is InChI=1S/C62H126O4/c1-14-15-16-17-30-39-48-57(63-53-44-35-26-18-22-31-40-49-58(2,3)4)62(64-54-45-36-27-19-23-32-41-50-59(5,6)7,65-55-46-37-28-20-24-33-42-51-60(8,9)10)66-56-47-38-29-21-25-34-43-52-61(11,12)13/h57H,14-56H2,1-13H3. The summed E-state index contributed by atoms with van der Waals surface area (Å²) in [7, 11) is 0. The fourth-order valence-corrected chi connectivity index (χ4v) is 9.31. The Hall–Kier alpha value is -0.160. The highest BCUT2D eigenvalue weighted by molar-refractivity contribution is 4.75. The van der Waals surface area contributed by atoms with Crippen molar-refractivity contribution in [3.05, 3.63) is 0 Å². The molecule has 4 nitrogen and oxygen atoms in total. The topological polar surface area (TPSA) is 36.9 Å². The largest absolute Gasteiger partial charge is 0.370 e. The Kier molecular flexibility index (Phi) is 41.4. The summed E-state index contributed by atoms with van der Waals surface area (Å²) in [5, 5.41) is 0. The van der Waals surface area contributed by atoms with Gasteiger partial charge in [0.2, 0.25) is 0 Å². The summed E-state index contributed by atoms with van der Waals surface area (Å²) in [6.45, 7) is 33.6. The highest BCUT2D eigenvalue weighted by atomic mass is 16.9. The summed E-state index contributed by atoms with van der Waals surface area (Å²) in [4.78, 5) is 0. The molecule has 0 aromatic heterocycles. The van der Waals surface area contributed by atoms with E-state index in [1.54, 1.807) is 0 Å². The van der Waals surface area contributed by atoms with Gasteiger partial charge in [0, 0.05) is 6.61 Å². The second kappa shape index (κ2) is 41.5. The Morgan fingerprint density at radius 2 is 0.485 bits per heavy atom. The van der Waals surface area contributed by atoms with Crippen LogP contribution in [0.3, 0.4) is 0 Å². The quantitative estimate of drug-likeness (QED) is 0.0450. The van der Waals surface area contributed by atoms with E-state index in [1.165, 1.54) is 212 Å². The highest BCUT2D eigenvalue weighted by Gasteiger charge is 2.44. The molecule has 0 aliphatic carbocycles. The molecule has 0 bridgehead atoms. The molecule has 1 unspecified atom stereocenters. The fraction of sp³-hybridized carbons (Fsp3) is 1.00. The van der Waals surface area contributed by atoms with Gasteiger partial charge in [0.15, 0.2) is 0 Å². The van der Waals surface area contributed by atoms with E-state index in [9.17, 15) is 0 Å². The zero-order chi connectivity index (χ0) is 49.3. The number of rotatable bonds is 48. The average molecular weight is 936 g/mol. The first kappa shape index (κ1) is 65.8. The fourth-order valence-electron chi connectivity index (χ4n) is 9.31. The second-order valence-electron chi connectivity index (χ2n) is 26.2. The molecule has 4 heteroatoms. The van der Waals surface area contributed by atoms with Gasteiger partial charge in [0.25, 0.3) is 0 Å². The van der Waals surface area contributed by atoms with Crippen molar-refractivity contribution in [1.29, 1.82) is 0 Å². The zero-order valence-corrected chi connectivity index (χ0v) is 48.1. The molecule has 0 aliphatic rings. The Balaban J connectivity index is 5.84. The summed E-state index contributed by atoms with van der Waals surface area (Å²) in [5.41, 5.74) is 1.81. The van der Waals surface area contributed by atoms with Gasteiger partial charge < -0.3 is 18.9 Å². The minimum absolute atomic E-state index is 0.200. The molecular formula is C62H126O4. The SMILES string of the molecule is CCCCCCCCC(OCCCCCCCCCC(C)(C)C)C(OCCCCCCCCCC(C)(C)C)(OCCCCCCCCCC(C)(C)C)OCCCCCCCCCC(C)(C)C. The molecule has 0 aromatic rings. The van der Waals surface area contributed by atoms with Crippen LogP contribution in [0.1, 0.15) is 340 Å². The molecule has 0 amide bonds. The predicted octanol–water partition coefficient (Wildman–Crippen LogP) is 21.5. The number of hydrogen-bond donors (Lipinski definition) is 0. The van der Waals surface area contributed by atoms with Crippen LogP contribution in [0.2, 0.25) is 0 Å². The molecule has 0 spiro atoms.